The van der Waals surface area contributed by atoms with Gasteiger partial charge in [0.05, 0.1) is 0 Å². The Morgan fingerprint density at radius 2 is 1.67 bits per heavy atom. The summed E-state index contributed by atoms with van der Waals surface area (Å²) in [5, 5.41) is 0. The minimum Gasteiger partial charge on any atom is -0.295 e. The zero-order valence-corrected chi connectivity index (χ0v) is 11.5. The third-order valence-electron chi connectivity index (χ3n) is 4.23. The minimum absolute atomic E-state index is 0.715. The van der Waals surface area contributed by atoms with Crippen molar-refractivity contribution in [2.24, 2.45) is 11.8 Å². The molecule has 0 spiro atoms. The maximum Gasteiger partial charge on any atom is 0.0104 e. The van der Waals surface area contributed by atoms with E-state index in [1.807, 2.05) is 0 Å². The molecule has 0 aromatic carbocycles. The highest BCUT2D eigenvalue weighted by molar-refractivity contribution is 4.88. The second-order valence-corrected chi connectivity index (χ2v) is 6.08. The zero-order valence-electron chi connectivity index (χ0n) is 11.5. The smallest absolute Gasteiger partial charge is 0.0104 e. The van der Waals surface area contributed by atoms with Gasteiger partial charge < -0.3 is 0 Å². The first-order valence-corrected chi connectivity index (χ1v) is 6.71. The van der Waals surface area contributed by atoms with Gasteiger partial charge in [0.1, 0.15) is 0 Å². The van der Waals surface area contributed by atoms with E-state index in [1.54, 1.807) is 0 Å². The summed E-state index contributed by atoms with van der Waals surface area (Å²) in [5.74, 6) is 1.69. The number of likely N-dealkylation sites (tertiary alicyclic amines) is 1. The number of nitrogens with zero attached hydrogens (tertiary/aromatic N) is 1. The molecule has 1 nitrogen and oxygen atoms in total. The highest BCUT2D eigenvalue weighted by atomic mass is 15.2. The third-order valence-corrected chi connectivity index (χ3v) is 4.23. The maximum atomic E-state index is 2.74. The lowest BCUT2D eigenvalue weighted by Crippen LogP contribution is -2.41. The topological polar surface area (TPSA) is 3.24 Å². The van der Waals surface area contributed by atoms with Crippen LogP contribution >= 0.6 is 0 Å². The zero-order chi connectivity index (χ0) is 11.6. The molecule has 1 saturated heterocycles. The molecule has 3 atom stereocenters. The lowest BCUT2D eigenvalue weighted by molar-refractivity contribution is 0.133. The van der Waals surface area contributed by atoms with E-state index in [1.165, 1.54) is 19.3 Å². The largest absolute Gasteiger partial charge is 0.295 e. The van der Waals surface area contributed by atoms with E-state index in [0.717, 1.165) is 23.9 Å². The van der Waals surface area contributed by atoms with E-state index in [9.17, 15) is 0 Å². The fraction of sp³-hybridized carbons (Fsp3) is 1.00. The Bertz CT molecular complexity index is 186. The standard InChI is InChI=1S/C14H29N/c1-10(2)12(5)9-14-8-7-13(6)15(14)11(3)4/h10-14H,7-9H2,1-6H3. The molecule has 1 aliphatic rings. The van der Waals surface area contributed by atoms with E-state index in [0.29, 0.717) is 6.04 Å². The molecule has 1 fully saturated rings. The van der Waals surface area contributed by atoms with Crippen molar-refractivity contribution in [2.45, 2.75) is 78.9 Å². The fourth-order valence-electron chi connectivity index (χ4n) is 2.96. The molecular weight excluding hydrogens is 182 g/mol. The van der Waals surface area contributed by atoms with Crippen LogP contribution in [0.5, 0.6) is 0 Å². The Hall–Kier alpha value is -0.0400. The van der Waals surface area contributed by atoms with Crippen LogP contribution in [0, 0.1) is 11.8 Å². The molecular formula is C14H29N. The first-order valence-electron chi connectivity index (χ1n) is 6.71. The second-order valence-electron chi connectivity index (χ2n) is 6.08. The fourth-order valence-corrected chi connectivity index (χ4v) is 2.96. The van der Waals surface area contributed by atoms with Gasteiger partial charge in [0.25, 0.3) is 0 Å². The van der Waals surface area contributed by atoms with Gasteiger partial charge in [-0.2, -0.15) is 0 Å². The van der Waals surface area contributed by atoms with Crippen molar-refractivity contribution in [3.05, 3.63) is 0 Å². The van der Waals surface area contributed by atoms with Gasteiger partial charge in [0, 0.05) is 18.1 Å². The first kappa shape index (κ1) is 13.0. The van der Waals surface area contributed by atoms with Crippen LogP contribution in [-0.4, -0.2) is 23.0 Å². The molecule has 0 radical (unpaired) electrons. The molecule has 0 aromatic rings. The monoisotopic (exact) mass is 211 g/mol. The van der Waals surface area contributed by atoms with Crippen molar-refractivity contribution in [3.63, 3.8) is 0 Å². The Morgan fingerprint density at radius 1 is 1.07 bits per heavy atom. The van der Waals surface area contributed by atoms with Crippen LogP contribution in [0.4, 0.5) is 0 Å². The highest BCUT2D eigenvalue weighted by Gasteiger charge is 2.33. The predicted molar refractivity (Wildman–Crippen MR) is 68.1 cm³/mol. The molecule has 0 N–H and O–H groups in total. The molecule has 0 bridgehead atoms. The summed E-state index contributed by atoms with van der Waals surface area (Å²) in [6.45, 7) is 14.2. The van der Waals surface area contributed by atoms with Crippen LogP contribution in [0.25, 0.3) is 0 Å². The molecule has 0 saturated carbocycles. The van der Waals surface area contributed by atoms with Crippen LogP contribution in [0.15, 0.2) is 0 Å². The summed E-state index contributed by atoms with van der Waals surface area (Å²) in [7, 11) is 0. The van der Waals surface area contributed by atoms with Crippen LogP contribution in [0.3, 0.4) is 0 Å². The molecule has 0 aromatic heterocycles. The quantitative estimate of drug-likeness (QED) is 0.681. The lowest BCUT2D eigenvalue weighted by Gasteiger charge is -2.34. The van der Waals surface area contributed by atoms with Gasteiger partial charge in [-0.15, -0.1) is 0 Å². The van der Waals surface area contributed by atoms with Crippen molar-refractivity contribution in [1.82, 2.24) is 4.90 Å². The Morgan fingerprint density at radius 3 is 2.13 bits per heavy atom. The van der Waals surface area contributed by atoms with Gasteiger partial charge >= 0.3 is 0 Å². The molecule has 1 heterocycles. The van der Waals surface area contributed by atoms with Crippen molar-refractivity contribution < 1.29 is 0 Å². The van der Waals surface area contributed by atoms with Gasteiger partial charge in [-0.1, -0.05) is 20.8 Å². The van der Waals surface area contributed by atoms with E-state index in [-0.39, 0.29) is 0 Å². The molecule has 3 unspecified atom stereocenters. The molecule has 90 valence electrons. The van der Waals surface area contributed by atoms with Crippen molar-refractivity contribution in [2.75, 3.05) is 0 Å². The Labute approximate surface area is 96.2 Å². The van der Waals surface area contributed by atoms with Crippen molar-refractivity contribution >= 4 is 0 Å². The van der Waals surface area contributed by atoms with Crippen LogP contribution in [0.2, 0.25) is 0 Å². The van der Waals surface area contributed by atoms with E-state index < -0.39 is 0 Å². The average molecular weight is 211 g/mol. The molecule has 0 aliphatic carbocycles. The second kappa shape index (κ2) is 5.34. The van der Waals surface area contributed by atoms with Gasteiger partial charge in [0.2, 0.25) is 0 Å². The van der Waals surface area contributed by atoms with Crippen LogP contribution in [-0.2, 0) is 0 Å². The Balaban J connectivity index is 2.54. The van der Waals surface area contributed by atoms with Gasteiger partial charge in [-0.05, 0) is 51.9 Å². The van der Waals surface area contributed by atoms with Crippen molar-refractivity contribution in [1.29, 1.82) is 0 Å². The SMILES string of the molecule is CC(C)C(C)CC1CCC(C)N1C(C)C. The predicted octanol–water partition coefficient (Wildman–Crippen LogP) is 3.93. The molecule has 0 amide bonds. The van der Waals surface area contributed by atoms with Gasteiger partial charge in [-0.25, -0.2) is 0 Å². The van der Waals surface area contributed by atoms with Gasteiger partial charge in [-0.3, -0.25) is 4.90 Å². The summed E-state index contributed by atoms with van der Waals surface area (Å²) < 4.78 is 0. The lowest BCUT2D eigenvalue weighted by atomic mass is 9.90. The Kier molecular flexibility index (Phi) is 4.64. The van der Waals surface area contributed by atoms with Crippen LogP contribution < -0.4 is 0 Å². The van der Waals surface area contributed by atoms with Gasteiger partial charge in [0.15, 0.2) is 0 Å². The molecule has 1 rings (SSSR count). The maximum absolute atomic E-state index is 2.74. The molecule has 1 aliphatic heterocycles. The molecule has 1 heteroatoms. The highest BCUT2D eigenvalue weighted by Crippen LogP contribution is 2.31. The average Bonchev–Trinajstić information content (AvgIpc) is 2.46. The minimum atomic E-state index is 0.715. The summed E-state index contributed by atoms with van der Waals surface area (Å²) in [6.07, 6.45) is 4.20. The summed E-state index contributed by atoms with van der Waals surface area (Å²) in [6, 6.07) is 2.36. The van der Waals surface area contributed by atoms with Crippen molar-refractivity contribution in [3.8, 4) is 0 Å². The van der Waals surface area contributed by atoms with E-state index in [4.69, 9.17) is 0 Å². The summed E-state index contributed by atoms with van der Waals surface area (Å²) in [5.41, 5.74) is 0. The number of hydrogen-bond donors (Lipinski definition) is 0. The van der Waals surface area contributed by atoms with E-state index >= 15 is 0 Å². The van der Waals surface area contributed by atoms with E-state index in [2.05, 4.69) is 46.4 Å². The number of hydrogen-bond acceptors (Lipinski definition) is 1. The normalized spacial score (nSPS) is 30.4. The third kappa shape index (κ3) is 3.21. The first-order chi connectivity index (χ1) is 6.93. The molecule has 15 heavy (non-hydrogen) atoms. The summed E-state index contributed by atoms with van der Waals surface area (Å²) >= 11 is 0. The number of rotatable bonds is 4. The summed E-state index contributed by atoms with van der Waals surface area (Å²) in [4.78, 5) is 2.74. The van der Waals surface area contributed by atoms with Crippen LogP contribution in [0.1, 0.15) is 60.8 Å².